The molecule has 114 valence electrons. The van der Waals surface area contributed by atoms with Crippen LogP contribution < -0.4 is 0 Å². The first-order valence-corrected chi connectivity index (χ1v) is 7.50. The van der Waals surface area contributed by atoms with Crippen molar-refractivity contribution in [2.45, 2.75) is 25.0 Å². The lowest BCUT2D eigenvalue weighted by Crippen LogP contribution is -2.46. The first kappa shape index (κ1) is 14.8. The van der Waals surface area contributed by atoms with Crippen LogP contribution in [0.2, 0.25) is 5.02 Å². The number of halogens is 2. The van der Waals surface area contributed by atoms with Gasteiger partial charge in [0.25, 0.3) is 5.91 Å². The van der Waals surface area contributed by atoms with Crippen molar-refractivity contribution in [2.24, 2.45) is 0 Å². The minimum atomic E-state index is -0.455. The predicted octanol–water partition coefficient (Wildman–Crippen LogP) is 2.56. The standard InChI is InChI=1S/C15H17ClFNO3/c16-11-8-10(3-4-12(11)17)14-9-18(5-7-21-14)15(19)13-2-1-6-20-13/h3-4,8,13-14H,1-2,5-7,9H2/t13-,14+/m0/s1. The predicted molar refractivity (Wildman–Crippen MR) is 75.7 cm³/mol. The van der Waals surface area contributed by atoms with Crippen molar-refractivity contribution < 1.29 is 18.7 Å². The molecule has 0 radical (unpaired) electrons. The smallest absolute Gasteiger partial charge is 0.251 e. The highest BCUT2D eigenvalue weighted by Gasteiger charge is 2.32. The average molecular weight is 314 g/mol. The fourth-order valence-electron chi connectivity index (χ4n) is 2.74. The van der Waals surface area contributed by atoms with Crippen molar-refractivity contribution in [3.05, 3.63) is 34.6 Å². The zero-order valence-corrected chi connectivity index (χ0v) is 12.3. The Kier molecular flexibility index (Phi) is 4.42. The van der Waals surface area contributed by atoms with Crippen LogP contribution in [0.5, 0.6) is 0 Å². The Balaban J connectivity index is 1.70. The molecule has 2 aliphatic rings. The molecule has 0 bridgehead atoms. The Bertz CT molecular complexity index is 534. The highest BCUT2D eigenvalue weighted by molar-refractivity contribution is 6.30. The Morgan fingerprint density at radius 3 is 2.90 bits per heavy atom. The Hall–Kier alpha value is -1.17. The van der Waals surface area contributed by atoms with Crippen molar-refractivity contribution in [3.8, 4) is 0 Å². The highest BCUT2D eigenvalue weighted by atomic mass is 35.5. The maximum Gasteiger partial charge on any atom is 0.251 e. The second-order valence-corrected chi connectivity index (χ2v) is 5.73. The Morgan fingerprint density at radius 2 is 2.19 bits per heavy atom. The summed E-state index contributed by atoms with van der Waals surface area (Å²) in [7, 11) is 0. The first-order valence-electron chi connectivity index (χ1n) is 7.12. The van der Waals surface area contributed by atoms with Gasteiger partial charge in [0.1, 0.15) is 18.0 Å². The fourth-order valence-corrected chi connectivity index (χ4v) is 2.93. The number of morpholine rings is 1. The van der Waals surface area contributed by atoms with E-state index < -0.39 is 5.82 Å². The van der Waals surface area contributed by atoms with Gasteiger partial charge in [-0.15, -0.1) is 0 Å². The van der Waals surface area contributed by atoms with Gasteiger partial charge in [-0.2, -0.15) is 0 Å². The van der Waals surface area contributed by atoms with E-state index >= 15 is 0 Å². The summed E-state index contributed by atoms with van der Waals surface area (Å²) in [5, 5.41) is 0.0682. The summed E-state index contributed by atoms with van der Waals surface area (Å²) >= 11 is 5.80. The normalized spacial score (nSPS) is 26.1. The molecule has 1 aromatic rings. The quantitative estimate of drug-likeness (QED) is 0.842. The van der Waals surface area contributed by atoms with Gasteiger partial charge in [-0.25, -0.2) is 4.39 Å². The average Bonchev–Trinajstić information content (AvgIpc) is 3.04. The minimum Gasteiger partial charge on any atom is -0.370 e. The van der Waals surface area contributed by atoms with Gasteiger partial charge in [0.2, 0.25) is 0 Å². The van der Waals surface area contributed by atoms with E-state index in [-0.39, 0.29) is 23.1 Å². The van der Waals surface area contributed by atoms with Crippen molar-refractivity contribution in [1.29, 1.82) is 0 Å². The van der Waals surface area contributed by atoms with Gasteiger partial charge in [0.15, 0.2) is 0 Å². The van der Waals surface area contributed by atoms with Gasteiger partial charge < -0.3 is 14.4 Å². The van der Waals surface area contributed by atoms with Gasteiger partial charge in [-0.1, -0.05) is 17.7 Å². The van der Waals surface area contributed by atoms with E-state index in [4.69, 9.17) is 21.1 Å². The van der Waals surface area contributed by atoms with E-state index in [0.29, 0.717) is 26.3 Å². The van der Waals surface area contributed by atoms with Crippen LogP contribution in [0.3, 0.4) is 0 Å². The van der Waals surface area contributed by atoms with Crippen molar-refractivity contribution in [3.63, 3.8) is 0 Å². The lowest BCUT2D eigenvalue weighted by atomic mass is 10.1. The second kappa shape index (κ2) is 6.30. The van der Waals surface area contributed by atoms with Crippen LogP contribution in [0, 0.1) is 5.82 Å². The van der Waals surface area contributed by atoms with Gasteiger partial charge >= 0.3 is 0 Å². The van der Waals surface area contributed by atoms with Crippen LogP contribution in [0.15, 0.2) is 18.2 Å². The summed E-state index contributed by atoms with van der Waals surface area (Å²) in [6.45, 7) is 2.11. The molecule has 6 heteroatoms. The molecular formula is C15H17ClFNO3. The third-order valence-corrected chi connectivity index (χ3v) is 4.19. The lowest BCUT2D eigenvalue weighted by Gasteiger charge is -2.34. The zero-order valence-electron chi connectivity index (χ0n) is 11.6. The SMILES string of the molecule is O=C([C@@H]1CCCO1)N1CCO[C@@H](c2ccc(F)c(Cl)c2)C1. The molecule has 0 saturated carbocycles. The number of hydrogen-bond donors (Lipinski definition) is 0. The largest absolute Gasteiger partial charge is 0.370 e. The molecule has 0 aromatic heterocycles. The monoisotopic (exact) mass is 313 g/mol. The number of benzene rings is 1. The topological polar surface area (TPSA) is 38.8 Å². The number of hydrogen-bond acceptors (Lipinski definition) is 3. The maximum atomic E-state index is 13.2. The maximum absolute atomic E-state index is 13.2. The van der Waals surface area contributed by atoms with Crippen LogP contribution in [0.4, 0.5) is 4.39 Å². The molecule has 3 rings (SSSR count). The third kappa shape index (κ3) is 3.20. The summed E-state index contributed by atoms with van der Waals surface area (Å²) in [5.41, 5.74) is 0.784. The Labute approximate surface area is 127 Å². The van der Waals surface area contributed by atoms with E-state index in [1.54, 1.807) is 17.0 Å². The summed E-state index contributed by atoms with van der Waals surface area (Å²) in [6, 6.07) is 4.52. The molecule has 2 atom stereocenters. The van der Waals surface area contributed by atoms with E-state index in [0.717, 1.165) is 18.4 Å². The molecule has 2 saturated heterocycles. The van der Waals surface area contributed by atoms with Crippen molar-refractivity contribution in [1.82, 2.24) is 4.90 Å². The number of amides is 1. The van der Waals surface area contributed by atoms with Crippen LogP contribution in [-0.2, 0) is 14.3 Å². The van der Waals surface area contributed by atoms with Gasteiger partial charge in [0.05, 0.1) is 18.2 Å². The van der Waals surface area contributed by atoms with Crippen LogP contribution >= 0.6 is 11.6 Å². The fraction of sp³-hybridized carbons (Fsp3) is 0.533. The summed E-state index contributed by atoms with van der Waals surface area (Å²) < 4.78 is 24.3. The molecule has 2 heterocycles. The first-order chi connectivity index (χ1) is 10.1. The number of carbonyl (C=O) groups is 1. The zero-order chi connectivity index (χ0) is 14.8. The van der Waals surface area contributed by atoms with Gasteiger partial charge in [0, 0.05) is 13.2 Å². The molecule has 0 aliphatic carbocycles. The lowest BCUT2D eigenvalue weighted by molar-refractivity contribution is -0.148. The molecular weight excluding hydrogens is 297 g/mol. The number of rotatable bonds is 2. The number of ether oxygens (including phenoxy) is 2. The van der Waals surface area contributed by atoms with E-state index in [1.165, 1.54) is 6.07 Å². The van der Waals surface area contributed by atoms with Crippen molar-refractivity contribution in [2.75, 3.05) is 26.3 Å². The van der Waals surface area contributed by atoms with Crippen molar-refractivity contribution >= 4 is 17.5 Å². The molecule has 2 aliphatic heterocycles. The van der Waals surface area contributed by atoms with Crippen LogP contribution in [-0.4, -0.2) is 43.2 Å². The number of nitrogens with zero attached hydrogens (tertiary/aromatic N) is 1. The summed E-state index contributed by atoms with van der Waals surface area (Å²) in [5.74, 6) is -0.433. The minimum absolute atomic E-state index is 0.0222. The molecule has 21 heavy (non-hydrogen) atoms. The van der Waals surface area contributed by atoms with Gasteiger partial charge in [-0.3, -0.25) is 4.79 Å². The summed E-state index contributed by atoms with van der Waals surface area (Å²) in [6.07, 6.45) is 1.11. The molecule has 1 amide bonds. The molecule has 0 N–H and O–H groups in total. The molecule has 1 aromatic carbocycles. The summed E-state index contributed by atoms with van der Waals surface area (Å²) in [4.78, 5) is 14.1. The van der Waals surface area contributed by atoms with E-state index in [2.05, 4.69) is 0 Å². The van der Waals surface area contributed by atoms with Crippen LogP contribution in [0.1, 0.15) is 24.5 Å². The second-order valence-electron chi connectivity index (χ2n) is 5.32. The van der Waals surface area contributed by atoms with E-state index in [1.807, 2.05) is 0 Å². The number of carbonyl (C=O) groups excluding carboxylic acids is 1. The highest BCUT2D eigenvalue weighted by Crippen LogP contribution is 2.27. The van der Waals surface area contributed by atoms with E-state index in [9.17, 15) is 9.18 Å². The molecule has 4 nitrogen and oxygen atoms in total. The third-order valence-electron chi connectivity index (χ3n) is 3.90. The molecule has 0 unspecified atom stereocenters. The van der Waals surface area contributed by atoms with Gasteiger partial charge in [-0.05, 0) is 30.5 Å². The Morgan fingerprint density at radius 1 is 1.33 bits per heavy atom. The molecule has 2 fully saturated rings. The molecule has 0 spiro atoms. The van der Waals surface area contributed by atoms with Crippen LogP contribution in [0.25, 0.3) is 0 Å².